The number of nitrogens with zero attached hydrogens (tertiary/aromatic N) is 1. The Bertz CT molecular complexity index is 151. The lowest BCUT2D eigenvalue weighted by Crippen LogP contribution is -2.58. The van der Waals surface area contributed by atoms with Crippen LogP contribution in [0.2, 0.25) is 0 Å². The smallest absolute Gasteiger partial charge is 0.0480 e. The summed E-state index contributed by atoms with van der Waals surface area (Å²) in [6.45, 7) is 4.27. The van der Waals surface area contributed by atoms with E-state index in [1.165, 1.54) is 32.4 Å². The fourth-order valence-electron chi connectivity index (χ4n) is 2.15. The molecule has 0 amide bonds. The molecule has 2 aliphatic rings. The monoisotopic (exact) mass is 184 g/mol. The van der Waals surface area contributed by atoms with E-state index in [4.69, 9.17) is 4.74 Å². The topological polar surface area (TPSA) is 24.5 Å². The molecule has 0 aromatic heterocycles. The highest BCUT2D eigenvalue weighted by Crippen LogP contribution is 2.17. The van der Waals surface area contributed by atoms with Crippen molar-refractivity contribution < 1.29 is 4.74 Å². The molecular formula is C10H20N2O. The minimum absolute atomic E-state index is 0.759. The summed E-state index contributed by atoms with van der Waals surface area (Å²) >= 11 is 0. The molecule has 2 heterocycles. The minimum Gasteiger partial charge on any atom is -0.381 e. The molecule has 2 aliphatic heterocycles. The summed E-state index contributed by atoms with van der Waals surface area (Å²) in [7, 11) is 2.27. The molecule has 13 heavy (non-hydrogen) atoms. The zero-order valence-corrected chi connectivity index (χ0v) is 8.46. The Morgan fingerprint density at radius 3 is 2.69 bits per heavy atom. The number of hydrogen-bond donors (Lipinski definition) is 1. The van der Waals surface area contributed by atoms with Crippen LogP contribution in [-0.2, 0) is 4.74 Å². The average molecular weight is 184 g/mol. The molecule has 2 fully saturated rings. The first-order valence-electron chi connectivity index (χ1n) is 5.38. The second kappa shape index (κ2) is 4.40. The van der Waals surface area contributed by atoms with Crippen molar-refractivity contribution in [1.29, 1.82) is 0 Å². The summed E-state index contributed by atoms with van der Waals surface area (Å²) in [4.78, 5) is 2.55. The molecule has 0 saturated carbocycles. The van der Waals surface area contributed by atoms with Gasteiger partial charge in [0.15, 0.2) is 0 Å². The van der Waals surface area contributed by atoms with Gasteiger partial charge in [-0.25, -0.2) is 0 Å². The highest BCUT2D eigenvalue weighted by atomic mass is 16.5. The van der Waals surface area contributed by atoms with Crippen LogP contribution in [0.15, 0.2) is 0 Å². The Labute approximate surface area is 80.4 Å². The minimum atomic E-state index is 0.759. The van der Waals surface area contributed by atoms with Crippen LogP contribution in [0.1, 0.15) is 19.3 Å². The van der Waals surface area contributed by atoms with E-state index in [9.17, 15) is 0 Å². The fourth-order valence-corrected chi connectivity index (χ4v) is 2.15. The fraction of sp³-hybridized carbons (Fsp3) is 1.00. The summed E-state index contributed by atoms with van der Waals surface area (Å²) in [6, 6.07) is 1.54. The Balaban J connectivity index is 1.82. The second-order valence-electron chi connectivity index (χ2n) is 4.17. The molecular weight excluding hydrogens is 164 g/mol. The van der Waals surface area contributed by atoms with E-state index in [2.05, 4.69) is 17.3 Å². The lowest BCUT2D eigenvalue weighted by atomic mass is 10.0. The van der Waals surface area contributed by atoms with Gasteiger partial charge in [0, 0.05) is 38.4 Å². The van der Waals surface area contributed by atoms with Crippen molar-refractivity contribution in [2.24, 2.45) is 0 Å². The molecule has 3 heteroatoms. The summed E-state index contributed by atoms with van der Waals surface area (Å²) in [5, 5.41) is 3.32. The number of likely N-dealkylation sites (N-methyl/N-ethyl adjacent to an activating group) is 1. The van der Waals surface area contributed by atoms with Crippen LogP contribution in [0, 0.1) is 0 Å². The first-order chi connectivity index (χ1) is 6.38. The Hall–Kier alpha value is -0.120. The average Bonchev–Trinajstić information content (AvgIpc) is 2.27. The predicted molar refractivity (Wildman–Crippen MR) is 52.9 cm³/mol. The maximum atomic E-state index is 5.46. The molecule has 0 spiro atoms. The van der Waals surface area contributed by atoms with Crippen molar-refractivity contribution >= 4 is 0 Å². The van der Waals surface area contributed by atoms with Gasteiger partial charge >= 0.3 is 0 Å². The highest BCUT2D eigenvalue weighted by molar-refractivity contribution is 4.86. The van der Waals surface area contributed by atoms with Gasteiger partial charge in [-0.1, -0.05) is 0 Å². The number of rotatable bonds is 2. The van der Waals surface area contributed by atoms with E-state index in [0.717, 1.165) is 25.3 Å². The third-order valence-corrected chi connectivity index (χ3v) is 3.33. The van der Waals surface area contributed by atoms with Crippen LogP contribution < -0.4 is 5.32 Å². The van der Waals surface area contributed by atoms with Crippen LogP contribution >= 0.6 is 0 Å². The maximum Gasteiger partial charge on any atom is 0.0480 e. The van der Waals surface area contributed by atoms with Crippen molar-refractivity contribution in [1.82, 2.24) is 10.2 Å². The number of ether oxygens (including phenoxy) is 1. The third-order valence-electron chi connectivity index (χ3n) is 3.33. The first kappa shape index (κ1) is 9.44. The molecule has 1 N–H and O–H groups in total. The molecule has 0 radical (unpaired) electrons. The van der Waals surface area contributed by atoms with Crippen LogP contribution in [0.5, 0.6) is 0 Å². The Morgan fingerprint density at radius 2 is 2.00 bits per heavy atom. The molecule has 0 aliphatic carbocycles. The van der Waals surface area contributed by atoms with Gasteiger partial charge in [-0.2, -0.15) is 0 Å². The van der Waals surface area contributed by atoms with E-state index < -0.39 is 0 Å². The Kier molecular flexibility index (Phi) is 3.19. The predicted octanol–water partition coefficient (Wildman–Crippen LogP) is 0.459. The molecule has 1 unspecified atom stereocenters. The van der Waals surface area contributed by atoms with Crippen LogP contribution in [0.25, 0.3) is 0 Å². The lowest BCUT2D eigenvalue weighted by Gasteiger charge is -2.40. The van der Waals surface area contributed by atoms with Crippen LogP contribution in [0.3, 0.4) is 0 Å². The van der Waals surface area contributed by atoms with E-state index in [0.29, 0.717) is 0 Å². The van der Waals surface area contributed by atoms with E-state index in [1.807, 2.05) is 0 Å². The summed E-state index contributed by atoms with van der Waals surface area (Å²) in [6.07, 6.45) is 3.76. The van der Waals surface area contributed by atoms with Gasteiger partial charge in [0.1, 0.15) is 0 Å². The quantitative estimate of drug-likeness (QED) is 0.675. The second-order valence-corrected chi connectivity index (χ2v) is 4.17. The highest BCUT2D eigenvalue weighted by Gasteiger charge is 2.27. The van der Waals surface area contributed by atoms with Gasteiger partial charge in [0.25, 0.3) is 0 Å². The van der Waals surface area contributed by atoms with Crippen molar-refractivity contribution in [2.45, 2.75) is 31.3 Å². The summed E-state index contributed by atoms with van der Waals surface area (Å²) in [5.74, 6) is 0. The third kappa shape index (κ3) is 2.22. The van der Waals surface area contributed by atoms with Gasteiger partial charge in [0.2, 0.25) is 0 Å². The largest absolute Gasteiger partial charge is 0.381 e. The van der Waals surface area contributed by atoms with Crippen molar-refractivity contribution in [3.05, 3.63) is 0 Å². The molecule has 3 nitrogen and oxygen atoms in total. The molecule has 2 rings (SSSR count). The van der Waals surface area contributed by atoms with Crippen molar-refractivity contribution in [2.75, 3.05) is 33.4 Å². The van der Waals surface area contributed by atoms with Gasteiger partial charge in [-0.3, -0.25) is 4.90 Å². The molecule has 0 aromatic rings. The molecule has 76 valence electrons. The molecule has 0 bridgehead atoms. The van der Waals surface area contributed by atoms with Crippen molar-refractivity contribution in [3.8, 4) is 0 Å². The molecule has 2 saturated heterocycles. The normalized spacial score (nSPS) is 31.4. The zero-order valence-electron chi connectivity index (χ0n) is 8.46. The lowest BCUT2D eigenvalue weighted by molar-refractivity contribution is 0.103. The van der Waals surface area contributed by atoms with Gasteiger partial charge in [-0.05, 0) is 26.3 Å². The van der Waals surface area contributed by atoms with Gasteiger partial charge in [0.05, 0.1) is 0 Å². The number of nitrogens with one attached hydrogen (secondary N) is 1. The first-order valence-corrected chi connectivity index (χ1v) is 5.38. The Morgan fingerprint density at radius 1 is 1.15 bits per heavy atom. The van der Waals surface area contributed by atoms with Crippen LogP contribution in [-0.4, -0.2) is 50.3 Å². The molecule has 0 aromatic carbocycles. The summed E-state index contributed by atoms with van der Waals surface area (Å²) < 4.78 is 5.46. The van der Waals surface area contributed by atoms with Crippen LogP contribution in [0.4, 0.5) is 0 Å². The number of hydrogen-bond acceptors (Lipinski definition) is 3. The summed E-state index contributed by atoms with van der Waals surface area (Å²) in [5.41, 5.74) is 0. The van der Waals surface area contributed by atoms with Crippen molar-refractivity contribution in [3.63, 3.8) is 0 Å². The SMILES string of the molecule is CN(C1CCCOCC1)C1CNC1. The maximum absolute atomic E-state index is 5.46. The van der Waals surface area contributed by atoms with Gasteiger partial charge < -0.3 is 10.1 Å². The molecule has 1 atom stereocenters. The van der Waals surface area contributed by atoms with E-state index in [1.54, 1.807) is 0 Å². The zero-order chi connectivity index (χ0) is 9.10. The van der Waals surface area contributed by atoms with E-state index >= 15 is 0 Å². The van der Waals surface area contributed by atoms with E-state index in [-0.39, 0.29) is 0 Å². The standard InChI is InChI=1S/C10H20N2O/c1-12(10-7-11-8-10)9-3-2-5-13-6-4-9/h9-11H,2-8H2,1H3. The van der Waals surface area contributed by atoms with Gasteiger partial charge in [-0.15, -0.1) is 0 Å².